The van der Waals surface area contributed by atoms with Gasteiger partial charge in [-0.15, -0.1) is 0 Å². The third-order valence-corrected chi connectivity index (χ3v) is 1.59. The van der Waals surface area contributed by atoms with Crippen molar-refractivity contribution in [2.45, 2.75) is 33.1 Å². The van der Waals surface area contributed by atoms with Crippen LogP contribution in [0.15, 0.2) is 0 Å². The molecule has 0 fully saturated rings. The van der Waals surface area contributed by atoms with Gasteiger partial charge >= 0.3 is 5.97 Å². The summed E-state index contributed by atoms with van der Waals surface area (Å²) in [5.41, 5.74) is 0. The minimum atomic E-state index is -0.165. The monoisotopic (exact) mass is 169 g/mol. The van der Waals surface area contributed by atoms with Gasteiger partial charge in [-0.25, -0.2) is 0 Å². The van der Waals surface area contributed by atoms with Crippen molar-refractivity contribution in [2.75, 3.05) is 6.61 Å². The number of hydrogen-bond acceptors (Lipinski definition) is 3. The van der Waals surface area contributed by atoms with E-state index in [1.165, 1.54) is 0 Å². The number of rotatable bonds is 5. The molecule has 0 aromatic heterocycles. The summed E-state index contributed by atoms with van der Waals surface area (Å²) < 4.78 is 4.75. The minimum Gasteiger partial charge on any atom is -0.466 e. The standard InChI is InChI=1S/C9H15NO2/c1-3-12-9(11)5-4-8(2)6-7-10/h8H,3-6H2,1-2H3. The highest BCUT2D eigenvalue weighted by atomic mass is 16.5. The van der Waals surface area contributed by atoms with E-state index >= 15 is 0 Å². The van der Waals surface area contributed by atoms with E-state index in [2.05, 4.69) is 6.07 Å². The van der Waals surface area contributed by atoms with Gasteiger partial charge < -0.3 is 4.74 Å². The molecule has 0 N–H and O–H groups in total. The first-order valence-corrected chi connectivity index (χ1v) is 4.23. The summed E-state index contributed by atoms with van der Waals surface area (Å²) in [6.45, 7) is 4.19. The molecule has 0 rings (SSSR count). The highest BCUT2D eigenvalue weighted by Crippen LogP contribution is 2.09. The lowest BCUT2D eigenvalue weighted by molar-refractivity contribution is -0.143. The number of hydrogen-bond donors (Lipinski definition) is 0. The van der Waals surface area contributed by atoms with Crippen molar-refractivity contribution in [3.63, 3.8) is 0 Å². The Kier molecular flexibility index (Phi) is 6.08. The Balaban J connectivity index is 3.41. The molecule has 0 amide bonds. The molecule has 0 aliphatic rings. The lowest BCUT2D eigenvalue weighted by atomic mass is 10.0. The smallest absolute Gasteiger partial charge is 0.305 e. The maximum atomic E-state index is 10.8. The largest absolute Gasteiger partial charge is 0.466 e. The van der Waals surface area contributed by atoms with Crippen LogP contribution in [0.25, 0.3) is 0 Å². The van der Waals surface area contributed by atoms with Gasteiger partial charge in [-0.05, 0) is 19.3 Å². The van der Waals surface area contributed by atoms with Crippen LogP contribution in [-0.4, -0.2) is 12.6 Å². The lowest BCUT2D eigenvalue weighted by Crippen LogP contribution is -2.06. The molecule has 12 heavy (non-hydrogen) atoms. The molecular weight excluding hydrogens is 154 g/mol. The van der Waals surface area contributed by atoms with Crippen molar-refractivity contribution < 1.29 is 9.53 Å². The molecular formula is C9H15NO2. The predicted octanol–water partition coefficient (Wildman–Crippen LogP) is 1.88. The summed E-state index contributed by atoms with van der Waals surface area (Å²) in [6.07, 6.45) is 1.68. The molecule has 0 radical (unpaired) electrons. The molecule has 0 aliphatic heterocycles. The molecule has 0 aromatic carbocycles. The van der Waals surface area contributed by atoms with E-state index < -0.39 is 0 Å². The number of carbonyl (C=O) groups is 1. The van der Waals surface area contributed by atoms with Crippen LogP contribution in [0.2, 0.25) is 0 Å². The number of ether oxygens (including phenoxy) is 1. The van der Waals surface area contributed by atoms with Crippen LogP contribution >= 0.6 is 0 Å². The minimum absolute atomic E-state index is 0.165. The van der Waals surface area contributed by atoms with Gasteiger partial charge in [-0.3, -0.25) is 4.79 Å². The number of nitrogens with zero attached hydrogens (tertiary/aromatic N) is 1. The first kappa shape index (κ1) is 11.0. The Bertz CT molecular complexity index is 172. The molecule has 3 nitrogen and oxygen atoms in total. The zero-order valence-corrected chi connectivity index (χ0v) is 7.67. The maximum absolute atomic E-state index is 10.8. The second-order valence-electron chi connectivity index (χ2n) is 2.81. The van der Waals surface area contributed by atoms with E-state index in [0.29, 0.717) is 25.4 Å². The topological polar surface area (TPSA) is 50.1 Å². The summed E-state index contributed by atoms with van der Waals surface area (Å²) in [7, 11) is 0. The normalized spacial score (nSPS) is 11.8. The van der Waals surface area contributed by atoms with Gasteiger partial charge in [0.15, 0.2) is 0 Å². The first-order chi connectivity index (χ1) is 5.70. The fourth-order valence-electron chi connectivity index (χ4n) is 0.855. The van der Waals surface area contributed by atoms with Gasteiger partial charge in [-0.1, -0.05) is 6.92 Å². The zero-order chi connectivity index (χ0) is 9.40. The number of esters is 1. The van der Waals surface area contributed by atoms with Crippen molar-refractivity contribution in [3.8, 4) is 6.07 Å². The second-order valence-corrected chi connectivity index (χ2v) is 2.81. The first-order valence-electron chi connectivity index (χ1n) is 4.23. The van der Waals surface area contributed by atoms with Crippen molar-refractivity contribution >= 4 is 5.97 Å². The fraction of sp³-hybridized carbons (Fsp3) is 0.778. The number of nitriles is 1. The number of carbonyl (C=O) groups excluding carboxylic acids is 1. The van der Waals surface area contributed by atoms with E-state index in [-0.39, 0.29) is 5.97 Å². The molecule has 0 aromatic rings. The Morgan fingerprint density at radius 1 is 1.67 bits per heavy atom. The molecule has 0 saturated carbocycles. The highest BCUT2D eigenvalue weighted by molar-refractivity contribution is 5.69. The summed E-state index contributed by atoms with van der Waals surface area (Å²) in [5, 5.41) is 8.34. The van der Waals surface area contributed by atoms with E-state index in [4.69, 9.17) is 10.00 Å². The molecule has 68 valence electrons. The Morgan fingerprint density at radius 2 is 2.33 bits per heavy atom. The van der Waals surface area contributed by atoms with Crippen LogP contribution in [0.5, 0.6) is 0 Å². The molecule has 1 atom stereocenters. The second kappa shape index (κ2) is 6.66. The van der Waals surface area contributed by atoms with Gasteiger partial charge in [0.05, 0.1) is 12.7 Å². The summed E-state index contributed by atoms with van der Waals surface area (Å²) in [5.74, 6) is 0.127. The lowest BCUT2D eigenvalue weighted by Gasteiger charge is -2.05. The van der Waals surface area contributed by atoms with Crippen LogP contribution in [-0.2, 0) is 9.53 Å². The summed E-state index contributed by atoms with van der Waals surface area (Å²) >= 11 is 0. The maximum Gasteiger partial charge on any atom is 0.305 e. The third kappa shape index (κ3) is 5.72. The SMILES string of the molecule is CCOC(=O)CCC(C)CC#N. The quantitative estimate of drug-likeness (QED) is 0.590. The average molecular weight is 169 g/mol. The molecule has 0 bridgehead atoms. The van der Waals surface area contributed by atoms with Gasteiger partial charge in [0.2, 0.25) is 0 Å². The Hall–Kier alpha value is -1.04. The van der Waals surface area contributed by atoms with Gasteiger partial charge in [0, 0.05) is 12.8 Å². The van der Waals surface area contributed by atoms with E-state index in [9.17, 15) is 4.79 Å². The zero-order valence-electron chi connectivity index (χ0n) is 7.67. The van der Waals surface area contributed by atoms with Crippen LogP contribution in [0.1, 0.15) is 33.1 Å². The van der Waals surface area contributed by atoms with Gasteiger partial charge in [0.1, 0.15) is 0 Å². The van der Waals surface area contributed by atoms with Crippen molar-refractivity contribution in [1.82, 2.24) is 0 Å². The van der Waals surface area contributed by atoms with Crippen molar-refractivity contribution in [2.24, 2.45) is 5.92 Å². The molecule has 0 aliphatic carbocycles. The highest BCUT2D eigenvalue weighted by Gasteiger charge is 2.06. The van der Waals surface area contributed by atoms with Crippen LogP contribution in [0.3, 0.4) is 0 Å². The van der Waals surface area contributed by atoms with Gasteiger partial charge in [-0.2, -0.15) is 5.26 Å². The predicted molar refractivity (Wildman–Crippen MR) is 45.3 cm³/mol. The van der Waals surface area contributed by atoms with Gasteiger partial charge in [0.25, 0.3) is 0 Å². The van der Waals surface area contributed by atoms with E-state index in [1.54, 1.807) is 6.92 Å². The Labute approximate surface area is 73.3 Å². The van der Waals surface area contributed by atoms with Crippen LogP contribution < -0.4 is 0 Å². The fourth-order valence-corrected chi connectivity index (χ4v) is 0.855. The molecule has 1 unspecified atom stereocenters. The van der Waals surface area contributed by atoms with Crippen molar-refractivity contribution in [3.05, 3.63) is 0 Å². The average Bonchev–Trinajstić information content (AvgIpc) is 2.02. The van der Waals surface area contributed by atoms with Crippen molar-refractivity contribution in [1.29, 1.82) is 5.26 Å². The summed E-state index contributed by atoms with van der Waals surface area (Å²) in [4.78, 5) is 10.8. The molecule has 3 heteroatoms. The third-order valence-electron chi connectivity index (χ3n) is 1.59. The Morgan fingerprint density at radius 3 is 2.83 bits per heavy atom. The van der Waals surface area contributed by atoms with Crippen LogP contribution in [0, 0.1) is 17.2 Å². The van der Waals surface area contributed by atoms with E-state index in [1.807, 2.05) is 6.92 Å². The molecule has 0 heterocycles. The molecule has 0 spiro atoms. The van der Waals surface area contributed by atoms with Crippen LogP contribution in [0.4, 0.5) is 0 Å². The molecule has 0 saturated heterocycles. The van der Waals surface area contributed by atoms with E-state index in [0.717, 1.165) is 6.42 Å². The summed E-state index contributed by atoms with van der Waals surface area (Å²) in [6, 6.07) is 2.07.